The number of fused-ring (bicyclic) bond motifs is 1. The van der Waals surface area contributed by atoms with Crippen molar-refractivity contribution in [2.45, 2.75) is 39.0 Å². The molecule has 0 saturated carbocycles. The number of methoxy groups -OCH3 is 1. The minimum absolute atomic E-state index is 0.220. The first-order valence-electron chi connectivity index (χ1n) is 8.71. The molecule has 144 valence electrons. The molecule has 0 spiro atoms. The van der Waals surface area contributed by atoms with Crippen molar-refractivity contribution in [2.24, 2.45) is 0 Å². The van der Waals surface area contributed by atoms with E-state index in [0.717, 1.165) is 42.5 Å². The highest BCUT2D eigenvalue weighted by Crippen LogP contribution is 2.38. The van der Waals surface area contributed by atoms with E-state index in [0.29, 0.717) is 16.1 Å². The number of ether oxygens (including phenoxy) is 1. The molecule has 0 fully saturated rings. The van der Waals surface area contributed by atoms with Crippen LogP contribution in [-0.4, -0.2) is 24.1 Å². The Morgan fingerprint density at radius 3 is 2.74 bits per heavy atom. The third-order valence-corrected chi connectivity index (χ3v) is 6.83. The van der Waals surface area contributed by atoms with Gasteiger partial charge in [0.25, 0.3) is 5.91 Å². The van der Waals surface area contributed by atoms with Gasteiger partial charge in [-0.3, -0.25) is 15.6 Å². The highest BCUT2D eigenvalue weighted by atomic mass is 32.1. The number of thiophene rings is 2. The van der Waals surface area contributed by atoms with Gasteiger partial charge in [-0.25, -0.2) is 4.79 Å². The van der Waals surface area contributed by atoms with Gasteiger partial charge in [-0.05, 0) is 56.0 Å². The van der Waals surface area contributed by atoms with Crippen molar-refractivity contribution in [1.82, 2.24) is 10.9 Å². The van der Waals surface area contributed by atoms with Crippen molar-refractivity contribution < 1.29 is 14.3 Å². The van der Waals surface area contributed by atoms with Crippen LogP contribution in [0.2, 0.25) is 0 Å². The number of carbonyl (C=O) groups excluding carboxylic acids is 2. The van der Waals surface area contributed by atoms with E-state index >= 15 is 0 Å². The quantitative estimate of drug-likeness (QED) is 0.396. The average molecular weight is 424 g/mol. The van der Waals surface area contributed by atoms with Crippen LogP contribution >= 0.6 is 34.9 Å². The largest absolute Gasteiger partial charge is 0.465 e. The van der Waals surface area contributed by atoms with E-state index < -0.39 is 0 Å². The number of anilines is 1. The molecule has 0 unspecified atom stereocenters. The Morgan fingerprint density at radius 2 is 2.04 bits per heavy atom. The Bertz CT molecular complexity index is 873. The first-order valence-corrected chi connectivity index (χ1v) is 10.8. The van der Waals surface area contributed by atoms with Gasteiger partial charge in [0.05, 0.1) is 18.2 Å². The van der Waals surface area contributed by atoms with Gasteiger partial charge >= 0.3 is 5.97 Å². The summed E-state index contributed by atoms with van der Waals surface area (Å²) in [6, 6.07) is 1.86. The minimum atomic E-state index is -0.367. The molecule has 2 aromatic rings. The van der Waals surface area contributed by atoms with Gasteiger partial charge < -0.3 is 10.1 Å². The van der Waals surface area contributed by atoms with Crippen LogP contribution < -0.4 is 16.2 Å². The molecule has 2 heterocycles. The Kier molecular flexibility index (Phi) is 6.46. The maximum Gasteiger partial charge on any atom is 0.341 e. The molecule has 0 radical (unpaired) electrons. The normalized spacial score (nSPS) is 12.8. The summed E-state index contributed by atoms with van der Waals surface area (Å²) in [4.78, 5) is 26.8. The predicted molar refractivity (Wildman–Crippen MR) is 113 cm³/mol. The molecule has 3 rings (SSSR count). The number of hydrogen-bond acceptors (Lipinski definition) is 6. The number of esters is 1. The van der Waals surface area contributed by atoms with Crippen LogP contribution in [0.3, 0.4) is 0 Å². The van der Waals surface area contributed by atoms with Crippen molar-refractivity contribution in [3.63, 3.8) is 0 Å². The lowest BCUT2D eigenvalue weighted by molar-refractivity contribution is 0.0600. The van der Waals surface area contributed by atoms with Gasteiger partial charge in [0, 0.05) is 15.1 Å². The molecule has 0 atom stereocenters. The van der Waals surface area contributed by atoms with Crippen LogP contribution in [0.25, 0.3) is 0 Å². The van der Waals surface area contributed by atoms with E-state index in [2.05, 4.69) is 16.2 Å². The Labute approximate surface area is 171 Å². The smallest absolute Gasteiger partial charge is 0.341 e. The maximum atomic E-state index is 12.2. The number of carbonyl (C=O) groups is 2. The summed E-state index contributed by atoms with van der Waals surface area (Å²) < 4.78 is 4.95. The molecule has 6 nitrogen and oxygen atoms in total. The van der Waals surface area contributed by atoms with E-state index in [1.54, 1.807) is 11.3 Å². The van der Waals surface area contributed by atoms with Crippen LogP contribution in [0.1, 0.15) is 55.8 Å². The molecular formula is C18H21N3O3S3. The molecule has 3 N–H and O–H groups in total. The van der Waals surface area contributed by atoms with E-state index in [9.17, 15) is 9.59 Å². The molecule has 0 bridgehead atoms. The van der Waals surface area contributed by atoms with Gasteiger partial charge in [0.1, 0.15) is 5.00 Å². The molecule has 0 aliphatic heterocycles. The molecule has 1 aliphatic rings. The summed E-state index contributed by atoms with van der Waals surface area (Å²) in [5.74, 6) is -0.622. The lowest BCUT2D eigenvalue weighted by Gasteiger charge is -2.12. The molecule has 1 aliphatic carbocycles. The molecule has 27 heavy (non-hydrogen) atoms. The van der Waals surface area contributed by atoms with Gasteiger partial charge in [-0.2, -0.15) is 0 Å². The van der Waals surface area contributed by atoms with E-state index in [4.69, 9.17) is 17.0 Å². The molecule has 9 heteroatoms. The van der Waals surface area contributed by atoms with Crippen molar-refractivity contribution >= 4 is 56.9 Å². The topological polar surface area (TPSA) is 79.5 Å². The average Bonchev–Trinajstić information content (AvgIpc) is 3.29. The fourth-order valence-electron chi connectivity index (χ4n) is 2.98. The maximum absolute atomic E-state index is 12.2. The second-order valence-corrected chi connectivity index (χ2v) is 8.60. The van der Waals surface area contributed by atoms with Gasteiger partial charge in [-0.1, -0.05) is 6.92 Å². The van der Waals surface area contributed by atoms with E-state index in [1.807, 2.05) is 18.4 Å². The Morgan fingerprint density at radius 1 is 1.26 bits per heavy atom. The fourth-order valence-corrected chi connectivity index (χ4v) is 5.29. The zero-order valence-corrected chi connectivity index (χ0v) is 17.6. The molecular weight excluding hydrogens is 402 g/mol. The SMILES string of the molecule is CCc1cc(C(=O)NNC(=S)Nc2sc3c(c2C(=O)OC)CCCC3)cs1. The first kappa shape index (κ1) is 19.8. The zero-order chi connectivity index (χ0) is 19.4. The van der Waals surface area contributed by atoms with Crippen molar-refractivity contribution in [3.05, 3.63) is 37.9 Å². The summed E-state index contributed by atoms with van der Waals surface area (Å²) >= 11 is 8.35. The number of hydrazine groups is 1. The van der Waals surface area contributed by atoms with Crippen LogP contribution in [0.15, 0.2) is 11.4 Å². The monoisotopic (exact) mass is 423 g/mol. The highest BCUT2D eigenvalue weighted by molar-refractivity contribution is 7.80. The summed E-state index contributed by atoms with van der Waals surface area (Å²) in [6.07, 6.45) is 4.90. The van der Waals surface area contributed by atoms with Gasteiger partial charge in [0.15, 0.2) is 5.11 Å². The lowest BCUT2D eigenvalue weighted by Crippen LogP contribution is -2.43. The Balaban J connectivity index is 1.66. The zero-order valence-electron chi connectivity index (χ0n) is 15.1. The third-order valence-electron chi connectivity index (χ3n) is 4.34. The number of aryl methyl sites for hydroxylation is 2. The van der Waals surface area contributed by atoms with E-state index in [-0.39, 0.29) is 17.0 Å². The highest BCUT2D eigenvalue weighted by Gasteiger charge is 2.26. The number of amides is 1. The second-order valence-electron chi connectivity index (χ2n) is 6.10. The van der Waals surface area contributed by atoms with E-state index in [1.165, 1.54) is 23.3 Å². The molecule has 1 amide bonds. The second kappa shape index (κ2) is 8.81. The first-order chi connectivity index (χ1) is 13.0. The van der Waals surface area contributed by atoms with Crippen LogP contribution in [0.4, 0.5) is 5.00 Å². The summed E-state index contributed by atoms with van der Waals surface area (Å²) in [5.41, 5.74) is 7.48. The molecule has 0 saturated heterocycles. The van der Waals surface area contributed by atoms with Crippen LogP contribution in [-0.2, 0) is 24.0 Å². The standard InChI is InChI=1S/C18H21N3O3S3/c1-3-11-8-10(9-26-11)15(22)20-21-18(25)19-16-14(17(23)24-2)12-6-4-5-7-13(12)27-16/h8-9H,3-7H2,1-2H3,(H,20,22)(H2,19,21,25). The number of thiocarbonyl (C=S) groups is 1. The Hall–Kier alpha value is -1.97. The van der Waals surface area contributed by atoms with Crippen molar-refractivity contribution in [2.75, 3.05) is 12.4 Å². The number of rotatable bonds is 4. The number of nitrogens with one attached hydrogen (secondary N) is 3. The molecule has 2 aromatic heterocycles. The predicted octanol–water partition coefficient (Wildman–Crippen LogP) is 3.67. The van der Waals surface area contributed by atoms with Gasteiger partial charge in [-0.15, -0.1) is 22.7 Å². The van der Waals surface area contributed by atoms with Crippen molar-refractivity contribution in [3.8, 4) is 0 Å². The fraction of sp³-hybridized carbons (Fsp3) is 0.389. The minimum Gasteiger partial charge on any atom is -0.465 e. The summed E-state index contributed by atoms with van der Waals surface area (Å²) in [6.45, 7) is 2.05. The number of hydrogen-bond donors (Lipinski definition) is 3. The lowest BCUT2D eigenvalue weighted by atomic mass is 9.95. The third kappa shape index (κ3) is 4.48. The molecule has 0 aromatic carbocycles. The van der Waals surface area contributed by atoms with Crippen molar-refractivity contribution in [1.29, 1.82) is 0 Å². The van der Waals surface area contributed by atoms with Crippen LogP contribution in [0, 0.1) is 0 Å². The summed E-state index contributed by atoms with van der Waals surface area (Å²) in [5, 5.41) is 5.72. The summed E-state index contributed by atoms with van der Waals surface area (Å²) in [7, 11) is 1.38. The van der Waals surface area contributed by atoms with Gasteiger partial charge in [0.2, 0.25) is 0 Å². The van der Waals surface area contributed by atoms with Crippen LogP contribution in [0.5, 0.6) is 0 Å².